The highest BCUT2D eigenvalue weighted by Crippen LogP contribution is 2.38. The number of sulfone groups is 1. The number of hydrogen-bond acceptors (Lipinski definition) is 6. The van der Waals surface area contributed by atoms with Crippen LogP contribution in [0.2, 0.25) is 0 Å². The van der Waals surface area contributed by atoms with Gasteiger partial charge in [0.1, 0.15) is 12.1 Å². The molecule has 1 aromatic rings. The molecule has 1 aromatic carbocycles. The average molecular weight is 385 g/mol. The van der Waals surface area contributed by atoms with E-state index >= 15 is 0 Å². The van der Waals surface area contributed by atoms with Crippen LogP contribution in [0.5, 0.6) is 0 Å². The maximum absolute atomic E-state index is 14.2. The van der Waals surface area contributed by atoms with Gasteiger partial charge in [-0.25, -0.2) is 13.2 Å². The Morgan fingerprint density at radius 2 is 1.85 bits per heavy atom. The van der Waals surface area contributed by atoms with Crippen molar-refractivity contribution in [1.29, 1.82) is 0 Å². The van der Waals surface area contributed by atoms with Crippen LogP contribution in [0.15, 0.2) is 24.3 Å². The molecule has 2 aliphatic rings. The highest BCUT2D eigenvalue weighted by molar-refractivity contribution is 7.91. The number of nitrogens with two attached hydrogens (primary N) is 1. The van der Waals surface area contributed by atoms with Crippen molar-refractivity contribution in [3.05, 3.63) is 29.8 Å². The summed E-state index contributed by atoms with van der Waals surface area (Å²) in [6.07, 6.45) is -2.17. The zero-order valence-corrected chi connectivity index (χ0v) is 15.0. The Morgan fingerprint density at radius 3 is 2.38 bits per heavy atom. The zero-order chi connectivity index (χ0) is 19.1. The van der Waals surface area contributed by atoms with E-state index in [1.807, 2.05) is 4.90 Å². The van der Waals surface area contributed by atoms with Gasteiger partial charge in [-0.2, -0.15) is 0 Å². The van der Waals surface area contributed by atoms with Gasteiger partial charge < -0.3 is 15.4 Å². The molecule has 10 heteroatoms. The molecule has 2 N–H and O–H groups in total. The van der Waals surface area contributed by atoms with Gasteiger partial charge in [0.05, 0.1) is 17.4 Å². The molecular formula is C16H20FN3O5S. The lowest BCUT2D eigenvalue weighted by atomic mass is 9.92. The number of nitrogens with zero attached hydrogens (tertiary/aromatic N) is 2. The van der Waals surface area contributed by atoms with Crippen LogP contribution in [0.3, 0.4) is 0 Å². The summed E-state index contributed by atoms with van der Waals surface area (Å²) >= 11 is 0. The fraction of sp³-hybridized carbons (Fsp3) is 0.500. The van der Waals surface area contributed by atoms with E-state index in [1.54, 1.807) is 24.3 Å². The molecule has 0 spiro atoms. The third kappa shape index (κ3) is 3.46. The highest BCUT2D eigenvalue weighted by Gasteiger charge is 2.47. The van der Waals surface area contributed by atoms with Gasteiger partial charge in [0.15, 0.2) is 9.84 Å². The molecule has 0 aromatic heterocycles. The first-order valence-corrected chi connectivity index (χ1v) is 10.0. The number of hydrogen-bond donors (Lipinski definition) is 1. The molecular weight excluding hydrogens is 365 g/mol. The zero-order valence-electron chi connectivity index (χ0n) is 14.2. The number of cyclic esters (lactones) is 1. The molecule has 8 nitrogen and oxygen atoms in total. The van der Waals surface area contributed by atoms with Gasteiger partial charge in [-0.3, -0.25) is 4.79 Å². The molecule has 2 amide bonds. The minimum absolute atomic E-state index is 0.0351. The third-order valence-electron chi connectivity index (χ3n) is 4.85. The van der Waals surface area contributed by atoms with Crippen LogP contribution in [0.4, 0.5) is 15.0 Å². The quantitative estimate of drug-likeness (QED) is 0.768. The molecule has 2 saturated heterocycles. The number of benzene rings is 1. The second-order valence-corrected chi connectivity index (χ2v) is 8.83. The lowest BCUT2D eigenvalue weighted by Gasteiger charge is -2.29. The number of carbonyl (C=O) groups is 2. The van der Waals surface area contributed by atoms with Crippen LogP contribution >= 0.6 is 0 Å². The van der Waals surface area contributed by atoms with Gasteiger partial charge in [-0.05, 0) is 24.6 Å². The van der Waals surface area contributed by atoms with Crippen molar-refractivity contribution >= 4 is 27.5 Å². The van der Waals surface area contributed by atoms with E-state index in [0.717, 1.165) is 5.69 Å². The van der Waals surface area contributed by atoms with E-state index in [4.69, 9.17) is 10.5 Å². The Kier molecular flexibility index (Phi) is 4.78. The summed E-state index contributed by atoms with van der Waals surface area (Å²) in [6, 6.07) is 5.67. The van der Waals surface area contributed by atoms with Crippen molar-refractivity contribution in [2.24, 2.45) is 11.7 Å². The minimum atomic E-state index is -2.98. The molecule has 0 aliphatic carbocycles. The summed E-state index contributed by atoms with van der Waals surface area (Å²) in [7, 11) is -2.98. The lowest BCUT2D eigenvalue weighted by Crippen LogP contribution is -2.40. The normalized spacial score (nSPS) is 26.5. The standard InChI is InChI=1S/C16H20FN3O5S/c1-10(15(18)21)14-13(20(17)16(22)25-14)11-2-4-12(5-3-11)19-6-8-26(23,24)9-7-19/h2-5,10,13-14H,6-9H2,1H3,(H2,18,21). The molecule has 0 bridgehead atoms. The van der Waals surface area contributed by atoms with Crippen molar-refractivity contribution in [2.75, 3.05) is 29.5 Å². The number of carbonyl (C=O) groups excluding carboxylic acids is 2. The summed E-state index contributed by atoms with van der Waals surface area (Å²) < 4.78 is 42.2. The van der Waals surface area contributed by atoms with Crippen LogP contribution in [-0.2, 0) is 19.4 Å². The minimum Gasteiger partial charge on any atom is -0.441 e. The molecule has 26 heavy (non-hydrogen) atoms. The van der Waals surface area contributed by atoms with Gasteiger partial charge in [0.25, 0.3) is 0 Å². The molecule has 3 unspecified atom stereocenters. The van der Waals surface area contributed by atoms with Crippen LogP contribution in [0.1, 0.15) is 18.5 Å². The second kappa shape index (κ2) is 6.75. The SMILES string of the molecule is CC(C(N)=O)C1OC(=O)N(F)C1c1ccc(N2CCS(=O)(=O)CC2)cc1. The third-order valence-corrected chi connectivity index (χ3v) is 6.46. The number of anilines is 1. The smallest absolute Gasteiger partial charge is 0.439 e. The van der Waals surface area contributed by atoms with Crippen molar-refractivity contribution in [3.63, 3.8) is 0 Å². The Hall–Kier alpha value is -2.36. The average Bonchev–Trinajstić information content (AvgIpc) is 2.89. The lowest BCUT2D eigenvalue weighted by molar-refractivity contribution is -0.124. The van der Waals surface area contributed by atoms with Crippen LogP contribution < -0.4 is 10.6 Å². The Balaban J connectivity index is 1.80. The largest absolute Gasteiger partial charge is 0.441 e. The molecule has 0 saturated carbocycles. The predicted molar refractivity (Wildman–Crippen MR) is 91.6 cm³/mol. The Bertz CT molecular complexity index is 800. The van der Waals surface area contributed by atoms with E-state index in [2.05, 4.69) is 0 Å². The van der Waals surface area contributed by atoms with E-state index in [-0.39, 0.29) is 16.6 Å². The van der Waals surface area contributed by atoms with Crippen molar-refractivity contribution < 1.29 is 27.2 Å². The van der Waals surface area contributed by atoms with Gasteiger partial charge in [0, 0.05) is 18.8 Å². The highest BCUT2D eigenvalue weighted by atomic mass is 32.2. The van der Waals surface area contributed by atoms with Crippen molar-refractivity contribution in [1.82, 2.24) is 5.12 Å². The summed E-state index contributed by atoms with van der Waals surface area (Å²) in [4.78, 5) is 24.9. The summed E-state index contributed by atoms with van der Waals surface area (Å²) in [5.41, 5.74) is 6.53. The van der Waals surface area contributed by atoms with Gasteiger partial charge >= 0.3 is 6.09 Å². The molecule has 2 aliphatic heterocycles. The maximum Gasteiger partial charge on any atom is 0.439 e. The van der Waals surface area contributed by atoms with E-state index in [1.165, 1.54) is 6.92 Å². The number of amides is 2. The molecule has 0 radical (unpaired) electrons. The maximum atomic E-state index is 14.2. The van der Waals surface area contributed by atoms with Crippen molar-refractivity contribution in [3.8, 4) is 0 Å². The van der Waals surface area contributed by atoms with Crippen LogP contribution in [0, 0.1) is 5.92 Å². The van der Waals surface area contributed by atoms with Gasteiger partial charge in [-0.15, -0.1) is 5.12 Å². The number of halogens is 1. The Labute approximate surface area is 150 Å². The van der Waals surface area contributed by atoms with Crippen molar-refractivity contribution in [2.45, 2.75) is 19.1 Å². The fourth-order valence-corrected chi connectivity index (χ4v) is 4.39. The molecule has 3 rings (SSSR count). The number of ether oxygens (including phenoxy) is 1. The van der Waals surface area contributed by atoms with Gasteiger partial charge in [-0.1, -0.05) is 16.6 Å². The first-order chi connectivity index (χ1) is 12.2. The first kappa shape index (κ1) is 18.4. The summed E-state index contributed by atoms with van der Waals surface area (Å²) in [5.74, 6) is -1.35. The molecule has 2 heterocycles. The molecule has 2 fully saturated rings. The molecule has 3 atom stereocenters. The first-order valence-electron chi connectivity index (χ1n) is 8.20. The van der Waals surface area contributed by atoms with E-state index in [0.29, 0.717) is 18.7 Å². The van der Waals surface area contributed by atoms with Gasteiger partial charge in [0.2, 0.25) is 5.91 Å². The topological polar surface area (TPSA) is 110 Å². The summed E-state index contributed by atoms with van der Waals surface area (Å²) in [6.45, 7) is 2.27. The number of primary amides is 1. The monoisotopic (exact) mass is 385 g/mol. The van der Waals surface area contributed by atoms with Crippen LogP contribution in [-0.4, -0.2) is 56.2 Å². The number of rotatable bonds is 4. The summed E-state index contributed by atoms with van der Waals surface area (Å²) in [5, 5.41) is -0.0351. The molecule has 142 valence electrons. The Morgan fingerprint density at radius 1 is 1.27 bits per heavy atom. The van der Waals surface area contributed by atoms with E-state index in [9.17, 15) is 22.5 Å². The second-order valence-electron chi connectivity index (χ2n) is 6.53. The van der Waals surface area contributed by atoms with Crippen LogP contribution in [0.25, 0.3) is 0 Å². The fourth-order valence-electron chi connectivity index (χ4n) is 3.18. The van der Waals surface area contributed by atoms with E-state index < -0.39 is 39.9 Å². The predicted octanol–water partition coefficient (Wildman–Crippen LogP) is 0.789.